The Bertz CT molecular complexity index is 353. The number of benzene rings is 1. The van der Waals surface area contributed by atoms with Gasteiger partial charge in [-0.1, -0.05) is 31.5 Å². The van der Waals surface area contributed by atoms with Crippen molar-refractivity contribution in [3.8, 4) is 5.75 Å². The third-order valence-electron chi connectivity index (χ3n) is 2.45. The number of carbonyl (C=O) groups is 1. The Balaban J connectivity index is 2.19. The maximum atomic E-state index is 11.4. The molecule has 0 heterocycles. The summed E-state index contributed by atoms with van der Waals surface area (Å²) in [6, 6.07) is 7.10. The van der Waals surface area contributed by atoms with E-state index in [0.29, 0.717) is 6.54 Å². The van der Waals surface area contributed by atoms with Crippen molar-refractivity contribution < 1.29 is 9.90 Å². The predicted molar refractivity (Wildman–Crippen MR) is 67.7 cm³/mol. The number of phenols is 1. The first-order chi connectivity index (χ1) is 8.24. The summed E-state index contributed by atoms with van der Waals surface area (Å²) in [7, 11) is 0. The molecule has 0 aromatic heterocycles. The first-order valence-corrected chi connectivity index (χ1v) is 5.98. The van der Waals surface area contributed by atoms with Gasteiger partial charge < -0.3 is 15.7 Å². The molecule has 0 saturated heterocycles. The summed E-state index contributed by atoms with van der Waals surface area (Å²) in [5.74, 6) is 0.250. The standard InChI is InChI=1S/C13H20N2O2/c1-2-3-8-15-13(17)10-14-9-11-6-4-5-7-12(11)16/h4-7,14,16H,2-3,8-10H2,1H3,(H,15,17). The van der Waals surface area contributed by atoms with Crippen molar-refractivity contribution in [1.29, 1.82) is 0 Å². The molecule has 0 spiro atoms. The van der Waals surface area contributed by atoms with E-state index in [4.69, 9.17) is 0 Å². The van der Waals surface area contributed by atoms with E-state index in [1.54, 1.807) is 12.1 Å². The van der Waals surface area contributed by atoms with Gasteiger partial charge in [-0.25, -0.2) is 0 Å². The Morgan fingerprint density at radius 1 is 1.35 bits per heavy atom. The summed E-state index contributed by atoms with van der Waals surface area (Å²) < 4.78 is 0. The van der Waals surface area contributed by atoms with Crippen LogP contribution in [0.2, 0.25) is 0 Å². The van der Waals surface area contributed by atoms with Gasteiger partial charge >= 0.3 is 0 Å². The number of hydrogen-bond donors (Lipinski definition) is 3. The highest BCUT2D eigenvalue weighted by Gasteiger charge is 2.02. The van der Waals surface area contributed by atoms with Crippen molar-refractivity contribution in [1.82, 2.24) is 10.6 Å². The number of hydrogen-bond acceptors (Lipinski definition) is 3. The molecular weight excluding hydrogens is 216 g/mol. The van der Waals surface area contributed by atoms with E-state index in [1.165, 1.54) is 0 Å². The minimum absolute atomic E-state index is 0.00568. The molecule has 0 radical (unpaired) electrons. The summed E-state index contributed by atoms with van der Waals surface area (Å²) in [4.78, 5) is 11.4. The zero-order chi connectivity index (χ0) is 12.5. The van der Waals surface area contributed by atoms with Gasteiger partial charge in [-0.05, 0) is 12.5 Å². The number of para-hydroxylation sites is 1. The fraction of sp³-hybridized carbons (Fsp3) is 0.462. The smallest absolute Gasteiger partial charge is 0.233 e. The average Bonchev–Trinajstić information content (AvgIpc) is 2.32. The van der Waals surface area contributed by atoms with E-state index in [1.807, 2.05) is 12.1 Å². The van der Waals surface area contributed by atoms with Gasteiger partial charge in [0.2, 0.25) is 5.91 Å². The van der Waals surface area contributed by atoms with Gasteiger partial charge in [0.15, 0.2) is 0 Å². The van der Waals surface area contributed by atoms with Crippen LogP contribution in [0.3, 0.4) is 0 Å². The van der Waals surface area contributed by atoms with Crippen molar-refractivity contribution in [2.24, 2.45) is 0 Å². The topological polar surface area (TPSA) is 61.4 Å². The zero-order valence-corrected chi connectivity index (χ0v) is 10.2. The zero-order valence-electron chi connectivity index (χ0n) is 10.2. The summed E-state index contributed by atoms with van der Waals surface area (Å²) in [5, 5.41) is 15.3. The summed E-state index contributed by atoms with van der Waals surface area (Å²) in [6.45, 7) is 3.59. The lowest BCUT2D eigenvalue weighted by Crippen LogP contribution is -2.34. The van der Waals surface area contributed by atoms with Gasteiger partial charge in [0.1, 0.15) is 5.75 Å². The van der Waals surface area contributed by atoms with E-state index in [9.17, 15) is 9.90 Å². The molecule has 0 aliphatic carbocycles. The summed E-state index contributed by atoms with van der Waals surface area (Å²) in [5.41, 5.74) is 0.800. The Hall–Kier alpha value is -1.55. The van der Waals surface area contributed by atoms with Crippen molar-refractivity contribution in [3.63, 3.8) is 0 Å². The van der Waals surface area contributed by atoms with Gasteiger partial charge in [-0.2, -0.15) is 0 Å². The van der Waals surface area contributed by atoms with Crippen LogP contribution in [-0.2, 0) is 11.3 Å². The molecule has 4 nitrogen and oxygen atoms in total. The number of nitrogens with one attached hydrogen (secondary N) is 2. The largest absolute Gasteiger partial charge is 0.508 e. The van der Waals surface area contributed by atoms with Gasteiger partial charge in [-0.15, -0.1) is 0 Å². The lowest BCUT2D eigenvalue weighted by Gasteiger charge is -2.07. The van der Waals surface area contributed by atoms with Crippen LogP contribution in [-0.4, -0.2) is 24.1 Å². The van der Waals surface area contributed by atoms with Crippen LogP contribution in [0, 0.1) is 0 Å². The Kier molecular flexibility index (Phi) is 6.10. The molecule has 1 rings (SSSR count). The van der Waals surface area contributed by atoms with Crippen LogP contribution in [0.5, 0.6) is 5.75 Å². The van der Waals surface area contributed by atoms with Gasteiger partial charge in [0.25, 0.3) is 0 Å². The molecule has 0 aliphatic heterocycles. The van der Waals surface area contributed by atoms with Gasteiger partial charge in [-0.3, -0.25) is 4.79 Å². The highest BCUT2D eigenvalue weighted by Crippen LogP contribution is 2.14. The molecule has 94 valence electrons. The molecule has 0 saturated carbocycles. The summed E-state index contributed by atoms with van der Waals surface area (Å²) in [6.07, 6.45) is 2.08. The molecular formula is C13H20N2O2. The number of amides is 1. The number of carbonyl (C=O) groups excluding carboxylic acids is 1. The predicted octanol–water partition coefficient (Wildman–Crippen LogP) is 1.40. The van der Waals surface area contributed by atoms with Crippen LogP contribution in [0.1, 0.15) is 25.3 Å². The van der Waals surface area contributed by atoms with Crippen LogP contribution in [0.25, 0.3) is 0 Å². The molecule has 4 heteroatoms. The molecule has 1 amide bonds. The first kappa shape index (κ1) is 13.5. The maximum Gasteiger partial charge on any atom is 0.233 e. The van der Waals surface area contributed by atoms with Gasteiger partial charge in [0, 0.05) is 18.7 Å². The Morgan fingerprint density at radius 2 is 2.12 bits per heavy atom. The summed E-state index contributed by atoms with van der Waals surface area (Å²) >= 11 is 0. The number of phenolic OH excluding ortho intramolecular Hbond substituents is 1. The second kappa shape index (κ2) is 7.68. The van der Waals surface area contributed by atoms with E-state index in [2.05, 4.69) is 17.6 Å². The normalized spacial score (nSPS) is 10.2. The van der Waals surface area contributed by atoms with Crippen molar-refractivity contribution >= 4 is 5.91 Å². The number of aromatic hydroxyl groups is 1. The molecule has 1 aromatic rings. The third-order valence-corrected chi connectivity index (χ3v) is 2.45. The highest BCUT2D eigenvalue weighted by molar-refractivity contribution is 5.77. The van der Waals surface area contributed by atoms with E-state index in [0.717, 1.165) is 24.9 Å². The first-order valence-electron chi connectivity index (χ1n) is 5.98. The minimum atomic E-state index is -0.00568. The van der Waals surface area contributed by atoms with Crippen molar-refractivity contribution in [3.05, 3.63) is 29.8 Å². The monoisotopic (exact) mass is 236 g/mol. The molecule has 0 fully saturated rings. The van der Waals surface area contributed by atoms with Crippen LogP contribution in [0.4, 0.5) is 0 Å². The Morgan fingerprint density at radius 3 is 2.82 bits per heavy atom. The molecule has 17 heavy (non-hydrogen) atoms. The van der Waals surface area contributed by atoms with Crippen LogP contribution < -0.4 is 10.6 Å². The fourth-order valence-electron chi connectivity index (χ4n) is 1.44. The lowest BCUT2D eigenvalue weighted by molar-refractivity contribution is -0.120. The van der Waals surface area contributed by atoms with Crippen LogP contribution >= 0.6 is 0 Å². The van der Waals surface area contributed by atoms with Crippen molar-refractivity contribution in [2.45, 2.75) is 26.3 Å². The SMILES string of the molecule is CCCCNC(=O)CNCc1ccccc1O. The van der Waals surface area contributed by atoms with E-state index in [-0.39, 0.29) is 18.2 Å². The molecule has 0 aliphatic rings. The number of unbranched alkanes of at least 4 members (excludes halogenated alkanes) is 1. The molecule has 0 unspecified atom stereocenters. The second-order valence-electron chi connectivity index (χ2n) is 3.94. The van der Waals surface area contributed by atoms with Crippen LogP contribution in [0.15, 0.2) is 24.3 Å². The third kappa shape index (κ3) is 5.36. The van der Waals surface area contributed by atoms with E-state index < -0.39 is 0 Å². The second-order valence-corrected chi connectivity index (χ2v) is 3.94. The molecule has 0 atom stereocenters. The maximum absolute atomic E-state index is 11.4. The Labute approximate surface area is 102 Å². The van der Waals surface area contributed by atoms with Gasteiger partial charge in [0.05, 0.1) is 6.54 Å². The lowest BCUT2D eigenvalue weighted by atomic mass is 10.2. The number of rotatable bonds is 7. The molecule has 3 N–H and O–H groups in total. The molecule has 0 bridgehead atoms. The van der Waals surface area contributed by atoms with E-state index >= 15 is 0 Å². The highest BCUT2D eigenvalue weighted by atomic mass is 16.3. The quantitative estimate of drug-likeness (QED) is 0.627. The molecule has 1 aromatic carbocycles. The van der Waals surface area contributed by atoms with Crippen molar-refractivity contribution in [2.75, 3.05) is 13.1 Å². The average molecular weight is 236 g/mol. The fourth-order valence-corrected chi connectivity index (χ4v) is 1.44. The minimum Gasteiger partial charge on any atom is -0.508 e.